The Bertz CT molecular complexity index is 303. The van der Waals surface area contributed by atoms with Gasteiger partial charge in [-0.1, -0.05) is 50.1 Å². The fourth-order valence-corrected chi connectivity index (χ4v) is 2.08. The fourth-order valence-electron chi connectivity index (χ4n) is 2.08. The van der Waals surface area contributed by atoms with E-state index in [0.29, 0.717) is 12.6 Å². The minimum absolute atomic E-state index is 0.00272. The number of ether oxygens (including phenoxy) is 1. The van der Waals surface area contributed by atoms with Gasteiger partial charge in [0.05, 0.1) is 19.3 Å². The standard InChI is InChI=1S/C15H25NO2/c1-3-4-10-15(13-8-6-5-7-9-13)16-14(11-17)12-18-2/h5-9,14-17H,3-4,10-12H2,1-2H3. The molecule has 0 saturated heterocycles. The summed E-state index contributed by atoms with van der Waals surface area (Å²) in [5.74, 6) is 0. The molecule has 0 amide bonds. The molecule has 0 fully saturated rings. The van der Waals surface area contributed by atoms with Crippen molar-refractivity contribution in [1.82, 2.24) is 5.32 Å². The maximum atomic E-state index is 9.34. The first-order valence-corrected chi connectivity index (χ1v) is 6.72. The van der Waals surface area contributed by atoms with Crippen LogP contribution in [0.1, 0.15) is 37.8 Å². The van der Waals surface area contributed by atoms with Crippen molar-refractivity contribution in [1.29, 1.82) is 0 Å². The predicted octanol–water partition coefficient (Wildman–Crippen LogP) is 2.51. The number of methoxy groups -OCH3 is 1. The second kappa shape index (κ2) is 9.09. The fraction of sp³-hybridized carbons (Fsp3) is 0.600. The summed E-state index contributed by atoms with van der Waals surface area (Å²) in [4.78, 5) is 0. The largest absolute Gasteiger partial charge is 0.395 e. The molecule has 0 bridgehead atoms. The van der Waals surface area contributed by atoms with Crippen LogP contribution in [0.2, 0.25) is 0 Å². The lowest BCUT2D eigenvalue weighted by Crippen LogP contribution is -2.39. The van der Waals surface area contributed by atoms with E-state index in [1.165, 1.54) is 18.4 Å². The Balaban J connectivity index is 2.65. The average Bonchev–Trinajstić information content (AvgIpc) is 2.43. The zero-order valence-electron chi connectivity index (χ0n) is 11.4. The lowest BCUT2D eigenvalue weighted by atomic mass is 10.0. The number of aliphatic hydroxyl groups is 1. The molecule has 1 aromatic rings. The number of hydrogen-bond acceptors (Lipinski definition) is 3. The van der Waals surface area contributed by atoms with E-state index >= 15 is 0 Å². The van der Waals surface area contributed by atoms with Crippen LogP contribution in [0.25, 0.3) is 0 Å². The Morgan fingerprint density at radius 1 is 1.28 bits per heavy atom. The molecule has 2 N–H and O–H groups in total. The van der Waals surface area contributed by atoms with Crippen LogP contribution >= 0.6 is 0 Å². The molecular formula is C15H25NO2. The molecule has 0 aliphatic rings. The van der Waals surface area contributed by atoms with Gasteiger partial charge in [0, 0.05) is 13.2 Å². The molecule has 0 aliphatic heterocycles. The van der Waals surface area contributed by atoms with E-state index in [1.807, 2.05) is 6.07 Å². The Hall–Kier alpha value is -0.900. The molecule has 0 aliphatic carbocycles. The molecule has 1 rings (SSSR count). The van der Waals surface area contributed by atoms with Crippen molar-refractivity contribution in [2.75, 3.05) is 20.3 Å². The van der Waals surface area contributed by atoms with Crippen LogP contribution in [-0.4, -0.2) is 31.5 Å². The number of benzene rings is 1. The van der Waals surface area contributed by atoms with Crippen molar-refractivity contribution in [3.05, 3.63) is 35.9 Å². The van der Waals surface area contributed by atoms with Crippen molar-refractivity contribution in [2.45, 2.75) is 38.3 Å². The molecule has 102 valence electrons. The van der Waals surface area contributed by atoms with Crippen LogP contribution in [0.5, 0.6) is 0 Å². The summed E-state index contributed by atoms with van der Waals surface area (Å²) in [5, 5.41) is 12.8. The maximum Gasteiger partial charge on any atom is 0.0638 e. The molecule has 2 unspecified atom stereocenters. The van der Waals surface area contributed by atoms with Gasteiger partial charge in [-0.15, -0.1) is 0 Å². The third kappa shape index (κ3) is 5.17. The summed E-state index contributed by atoms with van der Waals surface area (Å²) in [5.41, 5.74) is 1.28. The van der Waals surface area contributed by atoms with E-state index in [9.17, 15) is 5.11 Å². The normalized spacial score (nSPS) is 14.4. The second-order valence-electron chi connectivity index (χ2n) is 4.61. The topological polar surface area (TPSA) is 41.5 Å². The van der Waals surface area contributed by atoms with E-state index in [1.54, 1.807) is 7.11 Å². The van der Waals surface area contributed by atoms with Gasteiger partial charge in [-0.25, -0.2) is 0 Å². The van der Waals surface area contributed by atoms with E-state index in [4.69, 9.17) is 4.74 Å². The monoisotopic (exact) mass is 251 g/mol. The number of unbranched alkanes of at least 4 members (excludes halogenated alkanes) is 1. The summed E-state index contributed by atoms with van der Waals surface area (Å²) in [6, 6.07) is 10.7. The molecule has 0 heterocycles. The highest BCUT2D eigenvalue weighted by atomic mass is 16.5. The van der Waals surface area contributed by atoms with Crippen LogP contribution in [-0.2, 0) is 4.74 Å². The first kappa shape index (κ1) is 15.2. The Morgan fingerprint density at radius 2 is 2.00 bits per heavy atom. The molecule has 18 heavy (non-hydrogen) atoms. The van der Waals surface area contributed by atoms with E-state index < -0.39 is 0 Å². The van der Waals surface area contributed by atoms with Gasteiger partial charge in [0.25, 0.3) is 0 Å². The molecule has 0 radical (unpaired) electrons. The van der Waals surface area contributed by atoms with Crippen LogP contribution in [0.4, 0.5) is 0 Å². The van der Waals surface area contributed by atoms with Gasteiger partial charge in [0.2, 0.25) is 0 Å². The Kier molecular flexibility index (Phi) is 7.65. The maximum absolute atomic E-state index is 9.34. The highest BCUT2D eigenvalue weighted by Crippen LogP contribution is 2.19. The molecule has 3 heteroatoms. The van der Waals surface area contributed by atoms with Crippen LogP contribution in [0, 0.1) is 0 Å². The number of hydrogen-bond donors (Lipinski definition) is 2. The quantitative estimate of drug-likeness (QED) is 0.708. The molecule has 0 saturated carbocycles. The summed E-state index contributed by atoms with van der Waals surface area (Å²) in [7, 11) is 1.66. The average molecular weight is 251 g/mol. The Morgan fingerprint density at radius 3 is 2.56 bits per heavy atom. The van der Waals surface area contributed by atoms with Crippen molar-refractivity contribution >= 4 is 0 Å². The zero-order valence-corrected chi connectivity index (χ0v) is 11.4. The predicted molar refractivity (Wildman–Crippen MR) is 74.6 cm³/mol. The zero-order chi connectivity index (χ0) is 13.2. The minimum atomic E-state index is -0.00272. The van der Waals surface area contributed by atoms with Crippen LogP contribution in [0.3, 0.4) is 0 Å². The molecule has 3 nitrogen and oxygen atoms in total. The molecule has 0 aromatic heterocycles. The highest BCUT2D eigenvalue weighted by Gasteiger charge is 2.15. The van der Waals surface area contributed by atoms with Crippen molar-refractivity contribution in [3.63, 3.8) is 0 Å². The second-order valence-corrected chi connectivity index (χ2v) is 4.61. The first-order chi connectivity index (χ1) is 8.81. The van der Waals surface area contributed by atoms with Gasteiger partial charge in [-0.2, -0.15) is 0 Å². The van der Waals surface area contributed by atoms with Gasteiger partial charge in [0.1, 0.15) is 0 Å². The highest BCUT2D eigenvalue weighted by molar-refractivity contribution is 5.19. The third-order valence-corrected chi connectivity index (χ3v) is 3.07. The number of nitrogens with one attached hydrogen (secondary N) is 1. The van der Waals surface area contributed by atoms with Crippen molar-refractivity contribution in [2.24, 2.45) is 0 Å². The lowest BCUT2D eigenvalue weighted by Gasteiger charge is -2.24. The molecule has 2 atom stereocenters. The van der Waals surface area contributed by atoms with Crippen LogP contribution in [0.15, 0.2) is 30.3 Å². The summed E-state index contributed by atoms with van der Waals surface area (Å²) >= 11 is 0. The summed E-state index contributed by atoms with van der Waals surface area (Å²) in [6.45, 7) is 2.83. The van der Waals surface area contributed by atoms with Crippen LogP contribution < -0.4 is 5.32 Å². The van der Waals surface area contributed by atoms with E-state index in [-0.39, 0.29) is 12.6 Å². The summed E-state index contributed by atoms with van der Waals surface area (Å²) in [6.07, 6.45) is 3.44. The lowest BCUT2D eigenvalue weighted by molar-refractivity contribution is 0.121. The minimum Gasteiger partial charge on any atom is -0.395 e. The van der Waals surface area contributed by atoms with Gasteiger partial charge >= 0.3 is 0 Å². The first-order valence-electron chi connectivity index (χ1n) is 6.72. The van der Waals surface area contributed by atoms with Crippen molar-refractivity contribution < 1.29 is 9.84 Å². The van der Waals surface area contributed by atoms with Gasteiger partial charge in [-0.3, -0.25) is 0 Å². The van der Waals surface area contributed by atoms with Crippen molar-refractivity contribution in [3.8, 4) is 0 Å². The summed E-state index contributed by atoms with van der Waals surface area (Å²) < 4.78 is 5.11. The molecule has 1 aromatic carbocycles. The molecular weight excluding hydrogens is 226 g/mol. The van der Waals surface area contributed by atoms with Gasteiger partial charge in [-0.05, 0) is 12.0 Å². The molecule has 0 spiro atoms. The third-order valence-electron chi connectivity index (χ3n) is 3.07. The SMILES string of the molecule is CCCCC(NC(CO)COC)c1ccccc1. The smallest absolute Gasteiger partial charge is 0.0638 e. The van der Waals surface area contributed by atoms with Gasteiger partial charge < -0.3 is 15.2 Å². The number of rotatable bonds is 9. The van der Waals surface area contributed by atoms with E-state index in [2.05, 4.69) is 36.5 Å². The van der Waals surface area contributed by atoms with E-state index in [0.717, 1.165) is 6.42 Å². The van der Waals surface area contributed by atoms with Gasteiger partial charge in [0.15, 0.2) is 0 Å². The number of aliphatic hydroxyl groups excluding tert-OH is 1. The Labute approximate surface area is 110 Å².